The summed E-state index contributed by atoms with van der Waals surface area (Å²) < 4.78 is 16.2. The molecule has 0 aromatic rings. The van der Waals surface area contributed by atoms with Crippen LogP contribution in [0.2, 0.25) is 0 Å². The summed E-state index contributed by atoms with van der Waals surface area (Å²) in [5.41, 5.74) is 0.302. The highest BCUT2D eigenvalue weighted by Crippen LogP contribution is 2.51. The Morgan fingerprint density at radius 1 is 1.21 bits per heavy atom. The fraction of sp³-hybridized carbons (Fsp3) is 1.00. The molecule has 3 unspecified atom stereocenters. The van der Waals surface area contributed by atoms with Gasteiger partial charge in [0.2, 0.25) is 0 Å². The van der Waals surface area contributed by atoms with Gasteiger partial charge >= 0.3 is 0 Å². The minimum absolute atomic E-state index is 0.302. The number of unbranched alkanes of at least 4 members (excludes halogenated alkanes) is 1. The molecule has 0 amide bonds. The summed E-state index contributed by atoms with van der Waals surface area (Å²) in [5.74, 6) is 0.743. The lowest BCUT2D eigenvalue weighted by Crippen LogP contribution is -2.65. The Bertz CT molecular complexity index is 270. The molecule has 112 valence electrons. The lowest BCUT2D eigenvalue weighted by molar-refractivity contribution is -0.112. The number of nitrogens with one attached hydrogen (secondary N) is 1. The Labute approximate surface area is 117 Å². The maximum Gasteiger partial charge on any atom is 0.0700 e. The molecular formula is C15H29NO3. The molecule has 1 saturated heterocycles. The third-order valence-corrected chi connectivity index (χ3v) is 4.61. The van der Waals surface area contributed by atoms with Crippen molar-refractivity contribution in [2.24, 2.45) is 11.3 Å². The van der Waals surface area contributed by atoms with E-state index in [-0.39, 0.29) is 0 Å². The van der Waals surface area contributed by atoms with E-state index in [0.717, 1.165) is 32.1 Å². The van der Waals surface area contributed by atoms with Crippen molar-refractivity contribution in [3.05, 3.63) is 0 Å². The highest BCUT2D eigenvalue weighted by atomic mass is 16.5. The van der Waals surface area contributed by atoms with Crippen LogP contribution in [0.15, 0.2) is 0 Å². The zero-order valence-corrected chi connectivity index (χ0v) is 12.6. The molecule has 2 fully saturated rings. The van der Waals surface area contributed by atoms with E-state index in [1.165, 1.54) is 12.8 Å². The van der Waals surface area contributed by atoms with Crippen molar-refractivity contribution in [1.82, 2.24) is 5.32 Å². The van der Waals surface area contributed by atoms with Gasteiger partial charge in [-0.2, -0.15) is 0 Å². The van der Waals surface area contributed by atoms with Crippen LogP contribution in [0.1, 0.15) is 33.1 Å². The van der Waals surface area contributed by atoms with Crippen molar-refractivity contribution >= 4 is 0 Å². The second-order valence-corrected chi connectivity index (χ2v) is 6.31. The number of hydrogen-bond acceptors (Lipinski definition) is 4. The summed E-state index contributed by atoms with van der Waals surface area (Å²) in [6.45, 7) is 8.93. The smallest absolute Gasteiger partial charge is 0.0700 e. The minimum atomic E-state index is 0.302. The number of rotatable bonds is 9. The quantitative estimate of drug-likeness (QED) is 0.650. The van der Waals surface area contributed by atoms with Gasteiger partial charge in [-0.3, -0.25) is 0 Å². The third kappa shape index (κ3) is 3.48. The molecule has 2 rings (SSSR count). The molecule has 1 aliphatic carbocycles. The highest BCUT2D eigenvalue weighted by molar-refractivity contribution is 5.11. The van der Waals surface area contributed by atoms with Gasteiger partial charge in [0.25, 0.3) is 0 Å². The fourth-order valence-electron chi connectivity index (χ4n) is 3.57. The fourth-order valence-corrected chi connectivity index (χ4v) is 3.57. The van der Waals surface area contributed by atoms with Crippen LogP contribution in [-0.2, 0) is 14.2 Å². The van der Waals surface area contributed by atoms with Gasteiger partial charge in [0.1, 0.15) is 0 Å². The molecule has 0 aromatic carbocycles. The van der Waals surface area contributed by atoms with Gasteiger partial charge in [-0.05, 0) is 25.8 Å². The Balaban J connectivity index is 1.52. The van der Waals surface area contributed by atoms with Gasteiger partial charge in [0.15, 0.2) is 0 Å². The van der Waals surface area contributed by atoms with E-state index in [2.05, 4.69) is 19.2 Å². The number of fused-ring (bicyclic) bond motifs is 1. The van der Waals surface area contributed by atoms with Gasteiger partial charge in [0, 0.05) is 37.7 Å². The average Bonchev–Trinajstić information content (AvgIpc) is 2.83. The first-order chi connectivity index (χ1) is 9.18. The molecule has 2 aliphatic rings. The zero-order valence-electron chi connectivity index (χ0n) is 12.6. The van der Waals surface area contributed by atoms with E-state index in [1.807, 2.05) is 0 Å². The predicted octanol–water partition coefficient (Wildman–Crippen LogP) is 1.83. The molecule has 0 spiro atoms. The van der Waals surface area contributed by atoms with E-state index in [1.54, 1.807) is 7.11 Å². The molecule has 4 nitrogen and oxygen atoms in total. The monoisotopic (exact) mass is 271 g/mol. The standard InChI is InChI=1S/C15H29NO3/c1-15(2)13(12-6-9-19-14(12)15)16-7-4-5-8-18-11-10-17-3/h12-14,16H,4-11H2,1-3H3. The second kappa shape index (κ2) is 7.02. The van der Waals surface area contributed by atoms with Crippen molar-refractivity contribution in [2.75, 3.05) is 40.1 Å². The zero-order chi connectivity index (χ0) is 13.7. The van der Waals surface area contributed by atoms with Crippen LogP contribution in [-0.4, -0.2) is 52.2 Å². The molecule has 19 heavy (non-hydrogen) atoms. The molecule has 1 heterocycles. The SMILES string of the molecule is COCCOCCCCNC1C2CCOC2C1(C)C. The Kier molecular flexibility index (Phi) is 5.63. The second-order valence-electron chi connectivity index (χ2n) is 6.31. The Hall–Kier alpha value is -0.160. The summed E-state index contributed by atoms with van der Waals surface area (Å²) in [6.07, 6.45) is 4.01. The summed E-state index contributed by atoms with van der Waals surface area (Å²) in [6, 6.07) is 0.634. The number of ether oxygens (including phenoxy) is 3. The van der Waals surface area contributed by atoms with Gasteiger partial charge < -0.3 is 19.5 Å². The molecular weight excluding hydrogens is 242 g/mol. The topological polar surface area (TPSA) is 39.7 Å². The van der Waals surface area contributed by atoms with Gasteiger partial charge in [-0.25, -0.2) is 0 Å². The summed E-state index contributed by atoms with van der Waals surface area (Å²) in [5, 5.41) is 3.72. The predicted molar refractivity (Wildman–Crippen MR) is 75.3 cm³/mol. The van der Waals surface area contributed by atoms with Crippen molar-refractivity contribution < 1.29 is 14.2 Å². The maximum absolute atomic E-state index is 5.81. The number of hydrogen-bond donors (Lipinski definition) is 1. The molecule has 1 aliphatic heterocycles. The summed E-state index contributed by atoms with van der Waals surface area (Å²) in [4.78, 5) is 0. The van der Waals surface area contributed by atoms with E-state index in [9.17, 15) is 0 Å². The Morgan fingerprint density at radius 3 is 2.84 bits per heavy atom. The van der Waals surface area contributed by atoms with Crippen molar-refractivity contribution in [3.8, 4) is 0 Å². The van der Waals surface area contributed by atoms with E-state index < -0.39 is 0 Å². The Morgan fingerprint density at radius 2 is 2.05 bits per heavy atom. The van der Waals surface area contributed by atoms with Crippen LogP contribution in [0.5, 0.6) is 0 Å². The first-order valence-corrected chi connectivity index (χ1v) is 7.59. The van der Waals surface area contributed by atoms with Crippen molar-refractivity contribution in [3.63, 3.8) is 0 Å². The summed E-state index contributed by atoms with van der Waals surface area (Å²) in [7, 11) is 1.70. The first kappa shape index (κ1) is 15.2. The van der Waals surface area contributed by atoms with Crippen molar-refractivity contribution in [1.29, 1.82) is 0 Å². The van der Waals surface area contributed by atoms with E-state index in [0.29, 0.717) is 30.8 Å². The van der Waals surface area contributed by atoms with Crippen LogP contribution in [0.4, 0.5) is 0 Å². The molecule has 0 aromatic heterocycles. The lowest BCUT2D eigenvalue weighted by Gasteiger charge is -2.55. The number of methoxy groups -OCH3 is 1. The molecule has 4 heteroatoms. The molecule has 0 radical (unpaired) electrons. The minimum Gasteiger partial charge on any atom is -0.382 e. The first-order valence-electron chi connectivity index (χ1n) is 7.59. The van der Waals surface area contributed by atoms with Crippen molar-refractivity contribution in [2.45, 2.75) is 45.3 Å². The summed E-state index contributed by atoms with van der Waals surface area (Å²) >= 11 is 0. The third-order valence-electron chi connectivity index (χ3n) is 4.61. The molecule has 0 bridgehead atoms. The normalized spacial score (nSPS) is 32.1. The van der Waals surface area contributed by atoms with Crippen LogP contribution in [0.25, 0.3) is 0 Å². The lowest BCUT2D eigenvalue weighted by atomic mass is 9.57. The largest absolute Gasteiger partial charge is 0.382 e. The maximum atomic E-state index is 5.81. The van der Waals surface area contributed by atoms with Gasteiger partial charge in [0.05, 0.1) is 19.3 Å². The van der Waals surface area contributed by atoms with Gasteiger partial charge in [-0.1, -0.05) is 13.8 Å². The van der Waals surface area contributed by atoms with Gasteiger partial charge in [-0.15, -0.1) is 0 Å². The highest BCUT2D eigenvalue weighted by Gasteiger charge is 2.58. The van der Waals surface area contributed by atoms with Crippen LogP contribution in [0.3, 0.4) is 0 Å². The molecule has 1 saturated carbocycles. The van der Waals surface area contributed by atoms with Crippen LogP contribution in [0, 0.1) is 11.3 Å². The van der Waals surface area contributed by atoms with E-state index in [4.69, 9.17) is 14.2 Å². The molecule has 3 atom stereocenters. The van der Waals surface area contributed by atoms with Crippen LogP contribution >= 0.6 is 0 Å². The average molecular weight is 271 g/mol. The van der Waals surface area contributed by atoms with Crippen LogP contribution < -0.4 is 5.32 Å². The molecule has 1 N–H and O–H groups in total. The van der Waals surface area contributed by atoms with E-state index >= 15 is 0 Å².